The number of halogens is 1. The van der Waals surface area contributed by atoms with Crippen molar-refractivity contribution in [3.63, 3.8) is 0 Å². The van der Waals surface area contributed by atoms with Gasteiger partial charge in [-0.25, -0.2) is 4.39 Å². The van der Waals surface area contributed by atoms with Crippen molar-refractivity contribution in [3.8, 4) is 0 Å². The minimum absolute atomic E-state index is 0.0118. The number of carbonyl (C=O) groups is 2. The van der Waals surface area contributed by atoms with E-state index in [1.807, 2.05) is 0 Å². The number of carbonyl (C=O) groups excluding carboxylic acids is 2. The van der Waals surface area contributed by atoms with E-state index in [4.69, 9.17) is 0 Å². The Hall–Kier alpha value is -1.56. The summed E-state index contributed by atoms with van der Waals surface area (Å²) in [5.74, 6) is 1.04. The Morgan fingerprint density at radius 1 is 1.26 bits per heavy atom. The van der Waals surface area contributed by atoms with Gasteiger partial charge in [0.15, 0.2) is 0 Å². The van der Waals surface area contributed by atoms with Crippen molar-refractivity contribution in [3.05, 3.63) is 30.1 Å². The van der Waals surface area contributed by atoms with Crippen LogP contribution in [0.3, 0.4) is 0 Å². The molecule has 2 amide bonds. The molecule has 1 saturated heterocycles. The third kappa shape index (κ3) is 5.24. The standard InChI is InChI=1S/C21H29FN2O2S/c1-21(2,3)17-11-19(25)24-18-10-14(6-9-16(17)18)23-20(26)12-27-15-7-4-13(22)5-8-15/h4-5,7-8,14,16-18H,6,9-12H2,1-3H3,(H,23,26)(H,24,25). The van der Waals surface area contributed by atoms with E-state index >= 15 is 0 Å². The van der Waals surface area contributed by atoms with Crippen molar-refractivity contribution in [1.82, 2.24) is 10.6 Å². The lowest BCUT2D eigenvalue weighted by molar-refractivity contribution is -0.130. The molecule has 1 aliphatic heterocycles. The Morgan fingerprint density at radius 2 is 1.96 bits per heavy atom. The average molecular weight is 393 g/mol. The normalized spacial score (nSPS) is 28.2. The largest absolute Gasteiger partial charge is 0.353 e. The van der Waals surface area contributed by atoms with Crippen molar-refractivity contribution in [2.24, 2.45) is 17.3 Å². The highest BCUT2D eigenvalue weighted by Crippen LogP contribution is 2.44. The van der Waals surface area contributed by atoms with Gasteiger partial charge in [-0.2, -0.15) is 0 Å². The molecule has 0 spiro atoms. The van der Waals surface area contributed by atoms with E-state index < -0.39 is 0 Å². The maximum Gasteiger partial charge on any atom is 0.230 e. The number of hydrogen-bond donors (Lipinski definition) is 2. The number of piperidine rings is 1. The van der Waals surface area contributed by atoms with E-state index in [0.29, 0.717) is 24.0 Å². The highest BCUT2D eigenvalue weighted by Gasteiger charge is 2.45. The molecular weight excluding hydrogens is 363 g/mol. The number of fused-ring (bicyclic) bond motifs is 1. The number of rotatable bonds is 4. The minimum Gasteiger partial charge on any atom is -0.353 e. The fourth-order valence-corrected chi connectivity index (χ4v) is 5.20. The third-order valence-corrected chi connectivity index (χ3v) is 6.85. The second kappa shape index (κ2) is 8.21. The topological polar surface area (TPSA) is 58.2 Å². The molecule has 1 aromatic carbocycles. The van der Waals surface area contributed by atoms with Gasteiger partial charge in [0.2, 0.25) is 11.8 Å². The molecule has 4 unspecified atom stereocenters. The van der Waals surface area contributed by atoms with Crippen LogP contribution in [0, 0.1) is 23.1 Å². The second-order valence-electron chi connectivity index (χ2n) is 8.83. The quantitative estimate of drug-likeness (QED) is 0.767. The smallest absolute Gasteiger partial charge is 0.230 e. The third-order valence-electron chi connectivity index (χ3n) is 5.83. The average Bonchev–Trinajstić information content (AvgIpc) is 2.59. The number of hydrogen-bond acceptors (Lipinski definition) is 3. The zero-order valence-corrected chi connectivity index (χ0v) is 17.1. The van der Waals surface area contributed by atoms with E-state index in [9.17, 15) is 14.0 Å². The first-order valence-electron chi connectivity index (χ1n) is 9.69. The van der Waals surface area contributed by atoms with Crippen LogP contribution in [0.1, 0.15) is 46.5 Å². The predicted molar refractivity (Wildman–Crippen MR) is 106 cm³/mol. The Bertz CT molecular complexity index is 686. The first-order chi connectivity index (χ1) is 12.7. The van der Waals surface area contributed by atoms with Crippen LogP contribution in [-0.4, -0.2) is 29.7 Å². The maximum atomic E-state index is 12.9. The highest BCUT2D eigenvalue weighted by molar-refractivity contribution is 8.00. The summed E-state index contributed by atoms with van der Waals surface area (Å²) in [6.07, 6.45) is 3.39. The van der Waals surface area contributed by atoms with Crippen molar-refractivity contribution >= 4 is 23.6 Å². The van der Waals surface area contributed by atoms with E-state index in [1.54, 1.807) is 12.1 Å². The van der Waals surface area contributed by atoms with Gasteiger partial charge < -0.3 is 10.6 Å². The summed E-state index contributed by atoms with van der Waals surface area (Å²) in [4.78, 5) is 25.3. The molecule has 2 aliphatic rings. The summed E-state index contributed by atoms with van der Waals surface area (Å²) in [5, 5.41) is 6.27. The lowest BCUT2D eigenvalue weighted by atomic mass is 9.62. The molecule has 1 aromatic rings. The summed E-state index contributed by atoms with van der Waals surface area (Å²) in [5.41, 5.74) is 0.114. The SMILES string of the molecule is CC(C)(C)C1CC(=O)NC2CC(NC(=O)CSc3ccc(F)cc3)CCC21. The van der Waals surface area contributed by atoms with Gasteiger partial charge in [-0.05, 0) is 60.8 Å². The van der Waals surface area contributed by atoms with Crippen LogP contribution in [-0.2, 0) is 9.59 Å². The molecule has 4 atom stereocenters. The molecule has 0 aromatic heterocycles. The molecule has 4 nitrogen and oxygen atoms in total. The summed E-state index contributed by atoms with van der Waals surface area (Å²) in [6.45, 7) is 6.65. The summed E-state index contributed by atoms with van der Waals surface area (Å²) in [7, 11) is 0. The number of amides is 2. The van der Waals surface area contributed by atoms with Gasteiger partial charge in [0.1, 0.15) is 5.82 Å². The van der Waals surface area contributed by atoms with Gasteiger partial charge in [0, 0.05) is 23.4 Å². The molecule has 2 fully saturated rings. The fourth-order valence-electron chi connectivity index (χ4n) is 4.49. The predicted octanol–water partition coefficient (Wildman–Crippen LogP) is 3.75. The Labute approximate surface area is 165 Å². The lowest BCUT2D eigenvalue weighted by Gasteiger charge is -2.48. The Morgan fingerprint density at radius 3 is 2.63 bits per heavy atom. The number of thioether (sulfide) groups is 1. The molecule has 2 N–H and O–H groups in total. The number of nitrogens with one attached hydrogen (secondary N) is 2. The van der Waals surface area contributed by atoms with Crippen LogP contribution in [0.4, 0.5) is 4.39 Å². The first kappa shape index (κ1) is 20.2. The minimum atomic E-state index is -0.274. The van der Waals surface area contributed by atoms with Gasteiger partial charge in [0.25, 0.3) is 0 Å². The van der Waals surface area contributed by atoms with E-state index in [2.05, 4.69) is 31.4 Å². The van der Waals surface area contributed by atoms with Crippen molar-refractivity contribution in [2.75, 3.05) is 5.75 Å². The molecular formula is C21H29FN2O2S. The summed E-state index contributed by atoms with van der Waals surface area (Å²) in [6, 6.07) is 6.43. The summed E-state index contributed by atoms with van der Waals surface area (Å²) >= 11 is 1.40. The van der Waals surface area contributed by atoms with E-state index in [-0.39, 0.29) is 35.1 Å². The zero-order chi connectivity index (χ0) is 19.6. The number of benzene rings is 1. The van der Waals surface area contributed by atoms with Gasteiger partial charge in [0.05, 0.1) is 5.75 Å². The van der Waals surface area contributed by atoms with E-state index in [0.717, 1.165) is 24.2 Å². The second-order valence-corrected chi connectivity index (χ2v) is 9.88. The van der Waals surface area contributed by atoms with Crippen LogP contribution >= 0.6 is 11.8 Å². The van der Waals surface area contributed by atoms with Crippen LogP contribution in [0.15, 0.2) is 29.2 Å². The molecule has 0 radical (unpaired) electrons. The first-order valence-corrected chi connectivity index (χ1v) is 10.7. The van der Waals surface area contributed by atoms with Crippen LogP contribution < -0.4 is 10.6 Å². The molecule has 148 valence electrons. The Balaban J connectivity index is 1.52. The summed E-state index contributed by atoms with van der Waals surface area (Å²) < 4.78 is 12.9. The monoisotopic (exact) mass is 392 g/mol. The van der Waals surface area contributed by atoms with E-state index in [1.165, 1.54) is 23.9 Å². The Kier molecular flexibility index (Phi) is 6.14. The fraction of sp³-hybridized carbons (Fsp3) is 0.619. The van der Waals surface area contributed by atoms with Crippen molar-refractivity contribution in [1.29, 1.82) is 0 Å². The zero-order valence-electron chi connectivity index (χ0n) is 16.3. The van der Waals surface area contributed by atoms with Crippen molar-refractivity contribution < 1.29 is 14.0 Å². The molecule has 1 aliphatic carbocycles. The highest BCUT2D eigenvalue weighted by atomic mass is 32.2. The van der Waals surface area contributed by atoms with Crippen LogP contribution in [0.5, 0.6) is 0 Å². The van der Waals surface area contributed by atoms with Crippen LogP contribution in [0.2, 0.25) is 0 Å². The van der Waals surface area contributed by atoms with Gasteiger partial charge in [-0.3, -0.25) is 9.59 Å². The molecule has 27 heavy (non-hydrogen) atoms. The van der Waals surface area contributed by atoms with Gasteiger partial charge in [-0.15, -0.1) is 11.8 Å². The lowest BCUT2D eigenvalue weighted by Crippen LogP contribution is -2.57. The maximum absolute atomic E-state index is 12.9. The molecule has 0 bridgehead atoms. The van der Waals surface area contributed by atoms with Crippen LogP contribution in [0.25, 0.3) is 0 Å². The van der Waals surface area contributed by atoms with Gasteiger partial charge >= 0.3 is 0 Å². The molecule has 1 heterocycles. The van der Waals surface area contributed by atoms with Gasteiger partial charge in [-0.1, -0.05) is 20.8 Å². The molecule has 1 saturated carbocycles. The molecule has 6 heteroatoms. The molecule has 3 rings (SSSR count). The van der Waals surface area contributed by atoms with Crippen molar-refractivity contribution in [2.45, 2.75) is 63.4 Å².